The van der Waals surface area contributed by atoms with E-state index in [4.69, 9.17) is 0 Å². The summed E-state index contributed by atoms with van der Waals surface area (Å²) >= 11 is 0. The average Bonchev–Trinajstić information content (AvgIpc) is 2.80. The van der Waals surface area contributed by atoms with Crippen LogP contribution >= 0.6 is 0 Å². The number of benzene rings is 1. The van der Waals surface area contributed by atoms with Gasteiger partial charge in [-0.3, -0.25) is 10.9 Å². The number of halogens is 4. The molecule has 8 heteroatoms. The first-order valence-electron chi connectivity index (χ1n) is 6.56. The maximum absolute atomic E-state index is 13.2. The summed E-state index contributed by atoms with van der Waals surface area (Å²) in [6, 6.07) is 3.74. The maximum Gasteiger partial charge on any atom is 0.422 e. The normalized spacial score (nSPS) is 22.3. The van der Waals surface area contributed by atoms with Crippen LogP contribution in [0.25, 0.3) is 0 Å². The first-order chi connectivity index (χ1) is 9.85. The van der Waals surface area contributed by atoms with E-state index >= 15 is 0 Å². The van der Waals surface area contributed by atoms with E-state index in [1.807, 2.05) is 6.92 Å². The first kappa shape index (κ1) is 15.8. The lowest BCUT2D eigenvalue weighted by Crippen LogP contribution is -2.30. The standard InChI is InChI=1S/C13H17F4N3O/c1-8-9(6-19-20-8)5-18-11-3-2-10(14)4-12(11)21-7-13(15,16)17/h2-4,8-9,18-20H,5-7H2,1H3. The van der Waals surface area contributed by atoms with Gasteiger partial charge in [0.15, 0.2) is 6.61 Å². The molecule has 3 N–H and O–H groups in total. The number of anilines is 1. The van der Waals surface area contributed by atoms with Crippen molar-refractivity contribution in [2.45, 2.75) is 19.1 Å². The van der Waals surface area contributed by atoms with Gasteiger partial charge in [0.2, 0.25) is 0 Å². The summed E-state index contributed by atoms with van der Waals surface area (Å²) in [5, 5.41) is 3.01. The number of alkyl halides is 3. The summed E-state index contributed by atoms with van der Waals surface area (Å²) in [5.74, 6) is -0.514. The van der Waals surface area contributed by atoms with Crippen LogP contribution in [0.2, 0.25) is 0 Å². The third-order valence-electron chi connectivity index (χ3n) is 3.29. The molecule has 1 heterocycles. The van der Waals surface area contributed by atoms with Crippen LogP contribution in [0.3, 0.4) is 0 Å². The van der Waals surface area contributed by atoms with E-state index < -0.39 is 18.6 Å². The van der Waals surface area contributed by atoms with Gasteiger partial charge in [-0.15, -0.1) is 0 Å². The molecule has 1 aliphatic heterocycles. The number of hydrogen-bond donors (Lipinski definition) is 3. The predicted molar refractivity (Wildman–Crippen MR) is 70.5 cm³/mol. The Morgan fingerprint density at radius 1 is 1.38 bits per heavy atom. The van der Waals surface area contributed by atoms with Crippen LogP contribution in [0, 0.1) is 11.7 Å². The molecule has 0 saturated carbocycles. The van der Waals surface area contributed by atoms with Crippen molar-refractivity contribution in [3.05, 3.63) is 24.0 Å². The minimum atomic E-state index is -4.46. The number of ether oxygens (including phenoxy) is 1. The molecule has 0 radical (unpaired) electrons. The second-order valence-corrected chi connectivity index (χ2v) is 5.00. The van der Waals surface area contributed by atoms with Crippen molar-refractivity contribution in [3.8, 4) is 5.75 Å². The van der Waals surface area contributed by atoms with Gasteiger partial charge in [-0.1, -0.05) is 0 Å². The van der Waals surface area contributed by atoms with E-state index in [0.29, 0.717) is 12.2 Å². The largest absolute Gasteiger partial charge is 0.482 e. The quantitative estimate of drug-likeness (QED) is 0.731. The van der Waals surface area contributed by atoms with E-state index in [9.17, 15) is 17.6 Å². The van der Waals surface area contributed by atoms with Crippen LogP contribution in [0.1, 0.15) is 6.92 Å². The summed E-state index contributed by atoms with van der Waals surface area (Å²) < 4.78 is 54.4. The van der Waals surface area contributed by atoms with Gasteiger partial charge in [0.25, 0.3) is 0 Å². The van der Waals surface area contributed by atoms with Gasteiger partial charge in [0, 0.05) is 31.1 Å². The van der Waals surface area contributed by atoms with Crippen LogP contribution in [0.4, 0.5) is 23.2 Å². The molecule has 2 unspecified atom stereocenters. The molecule has 0 aliphatic carbocycles. The van der Waals surface area contributed by atoms with Crippen molar-refractivity contribution in [2.24, 2.45) is 5.92 Å². The molecule has 0 amide bonds. The molecule has 1 saturated heterocycles. The third-order valence-corrected chi connectivity index (χ3v) is 3.29. The van der Waals surface area contributed by atoms with Gasteiger partial charge in [0.05, 0.1) is 5.69 Å². The number of hydrazine groups is 1. The van der Waals surface area contributed by atoms with Crippen molar-refractivity contribution in [3.63, 3.8) is 0 Å². The van der Waals surface area contributed by atoms with Crippen LogP contribution < -0.4 is 20.9 Å². The highest BCUT2D eigenvalue weighted by Gasteiger charge is 2.29. The van der Waals surface area contributed by atoms with Gasteiger partial charge in [-0.05, 0) is 19.1 Å². The maximum atomic E-state index is 13.2. The first-order valence-corrected chi connectivity index (χ1v) is 6.56. The minimum Gasteiger partial charge on any atom is -0.482 e. The Balaban J connectivity index is 2.00. The van der Waals surface area contributed by atoms with Crippen molar-refractivity contribution >= 4 is 5.69 Å². The number of nitrogens with one attached hydrogen (secondary N) is 3. The summed E-state index contributed by atoms with van der Waals surface area (Å²) in [6.07, 6.45) is -4.46. The van der Waals surface area contributed by atoms with Gasteiger partial charge in [-0.2, -0.15) is 13.2 Å². The molecular weight excluding hydrogens is 290 g/mol. The molecule has 1 fully saturated rings. The topological polar surface area (TPSA) is 45.3 Å². The summed E-state index contributed by atoms with van der Waals surface area (Å²) in [5.41, 5.74) is 6.39. The molecule has 0 aromatic heterocycles. The van der Waals surface area contributed by atoms with Crippen LogP contribution in [0.15, 0.2) is 18.2 Å². The van der Waals surface area contributed by atoms with E-state index in [1.165, 1.54) is 12.1 Å². The summed E-state index contributed by atoms with van der Waals surface area (Å²) in [4.78, 5) is 0. The Kier molecular flexibility index (Phi) is 4.89. The summed E-state index contributed by atoms with van der Waals surface area (Å²) in [6.45, 7) is 1.83. The molecule has 2 atom stereocenters. The van der Waals surface area contributed by atoms with Gasteiger partial charge < -0.3 is 10.1 Å². The second kappa shape index (κ2) is 6.48. The molecule has 2 rings (SSSR count). The Morgan fingerprint density at radius 2 is 2.14 bits per heavy atom. The van der Waals surface area contributed by atoms with Crippen LogP contribution in [-0.2, 0) is 0 Å². The highest BCUT2D eigenvalue weighted by Crippen LogP contribution is 2.28. The van der Waals surface area contributed by atoms with Gasteiger partial charge in [-0.25, -0.2) is 4.39 Å². The fourth-order valence-electron chi connectivity index (χ4n) is 2.06. The lowest BCUT2D eigenvalue weighted by atomic mass is 10.0. The van der Waals surface area contributed by atoms with Gasteiger partial charge in [0.1, 0.15) is 11.6 Å². The molecule has 1 aromatic rings. The molecule has 1 aromatic carbocycles. The van der Waals surface area contributed by atoms with Crippen molar-refractivity contribution < 1.29 is 22.3 Å². The fourth-order valence-corrected chi connectivity index (χ4v) is 2.06. The zero-order valence-electron chi connectivity index (χ0n) is 11.4. The summed E-state index contributed by atoms with van der Waals surface area (Å²) in [7, 11) is 0. The molecule has 21 heavy (non-hydrogen) atoms. The molecule has 4 nitrogen and oxygen atoms in total. The number of rotatable bonds is 5. The molecule has 118 valence electrons. The average molecular weight is 307 g/mol. The minimum absolute atomic E-state index is 0.140. The van der Waals surface area contributed by atoms with Crippen molar-refractivity contribution in [1.82, 2.24) is 10.9 Å². The highest BCUT2D eigenvalue weighted by molar-refractivity contribution is 5.56. The zero-order chi connectivity index (χ0) is 15.5. The van der Waals surface area contributed by atoms with Crippen molar-refractivity contribution in [1.29, 1.82) is 0 Å². The van der Waals surface area contributed by atoms with E-state index in [1.54, 1.807) is 0 Å². The Morgan fingerprint density at radius 3 is 2.76 bits per heavy atom. The molecule has 0 bridgehead atoms. The molecule has 0 spiro atoms. The van der Waals surface area contributed by atoms with Crippen LogP contribution in [0.5, 0.6) is 5.75 Å². The molecular formula is C13H17F4N3O. The zero-order valence-corrected chi connectivity index (χ0v) is 11.4. The monoisotopic (exact) mass is 307 g/mol. The Bertz CT molecular complexity index is 481. The molecule has 1 aliphatic rings. The Hall–Kier alpha value is -1.54. The smallest absolute Gasteiger partial charge is 0.422 e. The predicted octanol–water partition coefficient (Wildman–Crippen LogP) is 2.29. The third kappa shape index (κ3) is 4.75. The Labute approximate surface area is 119 Å². The van der Waals surface area contributed by atoms with E-state index in [0.717, 1.165) is 12.6 Å². The van der Waals surface area contributed by atoms with E-state index in [-0.39, 0.29) is 17.7 Å². The lowest BCUT2D eigenvalue weighted by molar-refractivity contribution is -0.153. The van der Waals surface area contributed by atoms with Crippen LogP contribution in [-0.4, -0.2) is 31.9 Å². The SMILES string of the molecule is CC1NNCC1CNc1ccc(F)cc1OCC(F)(F)F. The lowest BCUT2D eigenvalue weighted by Gasteiger charge is -2.18. The van der Waals surface area contributed by atoms with E-state index in [2.05, 4.69) is 20.9 Å². The van der Waals surface area contributed by atoms with Crippen molar-refractivity contribution in [2.75, 3.05) is 25.0 Å². The fraction of sp³-hybridized carbons (Fsp3) is 0.538. The highest BCUT2D eigenvalue weighted by atomic mass is 19.4. The number of hydrogen-bond acceptors (Lipinski definition) is 4. The second-order valence-electron chi connectivity index (χ2n) is 5.00. The van der Waals surface area contributed by atoms with Gasteiger partial charge >= 0.3 is 6.18 Å².